The molecule has 0 aromatic heterocycles. The lowest BCUT2D eigenvalue weighted by Gasteiger charge is -2.24. The minimum Gasteiger partial charge on any atom is -0.316 e. The minimum atomic E-state index is -3.12. The van der Waals surface area contributed by atoms with E-state index < -0.39 is 10.0 Å². The Kier molecular flexibility index (Phi) is 4.37. The first-order chi connectivity index (χ1) is 8.58. The van der Waals surface area contributed by atoms with Crippen LogP contribution >= 0.6 is 0 Å². The molecule has 18 heavy (non-hydrogen) atoms. The van der Waals surface area contributed by atoms with Crippen LogP contribution in [0.3, 0.4) is 0 Å². The lowest BCUT2D eigenvalue weighted by atomic mass is 10.1. The largest absolute Gasteiger partial charge is 0.316 e. The van der Waals surface area contributed by atoms with E-state index in [4.69, 9.17) is 0 Å². The molecule has 0 bridgehead atoms. The van der Waals surface area contributed by atoms with E-state index in [0.717, 1.165) is 18.5 Å². The van der Waals surface area contributed by atoms with E-state index in [2.05, 4.69) is 5.32 Å². The zero-order valence-electron chi connectivity index (χ0n) is 10.7. The van der Waals surface area contributed by atoms with Crippen LogP contribution in [0.5, 0.6) is 0 Å². The van der Waals surface area contributed by atoms with Crippen LogP contribution in [0.15, 0.2) is 24.3 Å². The molecule has 1 aromatic rings. The minimum absolute atomic E-state index is 0.193. The van der Waals surface area contributed by atoms with Crippen molar-refractivity contribution in [1.29, 1.82) is 0 Å². The van der Waals surface area contributed by atoms with Crippen molar-refractivity contribution in [3.8, 4) is 0 Å². The van der Waals surface area contributed by atoms with Crippen LogP contribution in [-0.2, 0) is 16.6 Å². The lowest BCUT2D eigenvalue weighted by molar-refractivity contribution is 0.387. The van der Waals surface area contributed by atoms with Gasteiger partial charge in [0.05, 0.1) is 5.75 Å². The molecule has 0 spiro atoms. The normalized spacial score (nSPS) is 21.2. The molecule has 0 amide bonds. The third-order valence-corrected chi connectivity index (χ3v) is 4.99. The number of nitrogens with zero attached hydrogens (tertiary/aromatic N) is 1. The van der Waals surface area contributed by atoms with Crippen molar-refractivity contribution in [2.75, 3.05) is 25.4 Å². The Bertz CT molecular complexity index is 482. The highest BCUT2D eigenvalue weighted by Gasteiger charge is 2.22. The molecule has 1 heterocycles. The average Bonchev–Trinajstić information content (AvgIpc) is 2.32. The Morgan fingerprint density at radius 1 is 1.22 bits per heavy atom. The number of aryl methyl sites for hydroxylation is 1. The fourth-order valence-corrected chi connectivity index (χ4v) is 3.46. The number of benzene rings is 1. The summed E-state index contributed by atoms with van der Waals surface area (Å²) in [6, 6.07) is 8.05. The van der Waals surface area contributed by atoms with Crippen LogP contribution in [0.2, 0.25) is 0 Å². The summed E-state index contributed by atoms with van der Waals surface area (Å²) in [6.45, 7) is 4.56. The molecular formula is C13H20N2O2S. The quantitative estimate of drug-likeness (QED) is 0.874. The van der Waals surface area contributed by atoms with Gasteiger partial charge in [0, 0.05) is 19.6 Å². The third kappa shape index (κ3) is 3.54. The van der Waals surface area contributed by atoms with Gasteiger partial charge in [-0.25, -0.2) is 8.42 Å². The van der Waals surface area contributed by atoms with Crippen molar-refractivity contribution >= 4 is 10.0 Å². The van der Waals surface area contributed by atoms with E-state index in [9.17, 15) is 8.42 Å². The molecule has 1 aliphatic rings. The summed E-state index contributed by atoms with van der Waals surface area (Å²) in [5.41, 5.74) is 2.25. The van der Waals surface area contributed by atoms with Gasteiger partial charge >= 0.3 is 0 Å². The SMILES string of the molecule is Cc1ccc(CN2CCCNCCS2(=O)=O)cc1. The second-order valence-electron chi connectivity index (χ2n) is 4.74. The van der Waals surface area contributed by atoms with E-state index >= 15 is 0 Å². The van der Waals surface area contributed by atoms with Gasteiger partial charge in [-0.15, -0.1) is 0 Å². The maximum atomic E-state index is 12.1. The summed E-state index contributed by atoms with van der Waals surface area (Å²) >= 11 is 0. The van der Waals surface area contributed by atoms with Gasteiger partial charge < -0.3 is 5.32 Å². The summed E-state index contributed by atoms with van der Waals surface area (Å²) in [5, 5.41) is 3.13. The molecule has 4 nitrogen and oxygen atoms in total. The topological polar surface area (TPSA) is 49.4 Å². The molecule has 0 aliphatic carbocycles. The molecule has 0 atom stereocenters. The predicted molar refractivity (Wildman–Crippen MR) is 72.9 cm³/mol. The molecule has 1 N–H and O–H groups in total. The summed E-state index contributed by atoms with van der Waals surface area (Å²) in [5.74, 6) is 0.193. The van der Waals surface area contributed by atoms with Crippen molar-refractivity contribution in [2.45, 2.75) is 19.9 Å². The van der Waals surface area contributed by atoms with Crippen molar-refractivity contribution in [1.82, 2.24) is 9.62 Å². The van der Waals surface area contributed by atoms with Gasteiger partial charge in [-0.1, -0.05) is 29.8 Å². The molecule has 1 saturated heterocycles. The van der Waals surface area contributed by atoms with Gasteiger partial charge in [-0.2, -0.15) is 4.31 Å². The smallest absolute Gasteiger partial charge is 0.215 e. The van der Waals surface area contributed by atoms with E-state index in [1.165, 1.54) is 5.56 Å². The van der Waals surface area contributed by atoms with Gasteiger partial charge in [0.15, 0.2) is 0 Å². The van der Waals surface area contributed by atoms with Gasteiger partial charge in [0.25, 0.3) is 0 Å². The van der Waals surface area contributed by atoms with Crippen molar-refractivity contribution in [3.63, 3.8) is 0 Å². The second kappa shape index (κ2) is 5.82. The number of hydrogen-bond acceptors (Lipinski definition) is 3. The van der Waals surface area contributed by atoms with Crippen LogP contribution in [-0.4, -0.2) is 38.1 Å². The van der Waals surface area contributed by atoms with E-state index in [-0.39, 0.29) is 5.75 Å². The highest BCUT2D eigenvalue weighted by atomic mass is 32.2. The van der Waals surface area contributed by atoms with Crippen LogP contribution in [0, 0.1) is 6.92 Å². The Morgan fingerprint density at radius 2 is 1.94 bits per heavy atom. The van der Waals surface area contributed by atoms with E-state index in [1.54, 1.807) is 4.31 Å². The highest BCUT2D eigenvalue weighted by molar-refractivity contribution is 7.89. The maximum absolute atomic E-state index is 12.1. The van der Waals surface area contributed by atoms with Gasteiger partial charge in [0.2, 0.25) is 10.0 Å². The first kappa shape index (κ1) is 13.5. The summed E-state index contributed by atoms with van der Waals surface area (Å²) in [7, 11) is -3.12. The molecule has 0 unspecified atom stereocenters. The average molecular weight is 268 g/mol. The molecule has 1 fully saturated rings. The van der Waals surface area contributed by atoms with Crippen LogP contribution < -0.4 is 5.32 Å². The van der Waals surface area contributed by atoms with Gasteiger partial charge in [-0.3, -0.25) is 0 Å². The van der Waals surface area contributed by atoms with Crippen LogP contribution in [0.25, 0.3) is 0 Å². The number of rotatable bonds is 2. The van der Waals surface area contributed by atoms with Gasteiger partial charge in [0.1, 0.15) is 0 Å². The third-order valence-electron chi connectivity index (χ3n) is 3.17. The van der Waals surface area contributed by atoms with E-state index in [0.29, 0.717) is 19.6 Å². The molecule has 1 aromatic carbocycles. The molecule has 2 rings (SSSR count). The fourth-order valence-electron chi connectivity index (χ4n) is 2.05. The molecule has 100 valence electrons. The molecule has 0 radical (unpaired) electrons. The summed E-state index contributed by atoms with van der Waals surface area (Å²) in [4.78, 5) is 0. The van der Waals surface area contributed by atoms with Gasteiger partial charge in [-0.05, 0) is 25.5 Å². The van der Waals surface area contributed by atoms with Crippen molar-refractivity contribution < 1.29 is 8.42 Å². The standard InChI is InChI=1S/C13H20N2O2S/c1-12-3-5-13(6-4-12)11-15-9-2-7-14-8-10-18(15,16)17/h3-6,14H,2,7-11H2,1H3. The highest BCUT2D eigenvalue weighted by Crippen LogP contribution is 2.12. The zero-order chi connectivity index (χ0) is 13.0. The lowest BCUT2D eigenvalue weighted by Crippen LogP contribution is -2.40. The van der Waals surface area contributed by atoms with Crippen LogP contribution in [0.4, 0.5) is 0 Å². The van der Waals surface area contributed by atoms with Crippen molar-refractivity contribution in [3.05, 3.63) is 35.4 Å². The Labute approximate surface area is 109 Å². The van der Waals surface area contributed by atoms with Crippen LogP contribution in [0.1, 0.15) is 17.5 Å². The summed E-state index contributed by atoms with van der Waals surface area (Å²) in [6.07, 6.45) is 0.866. The molecule has 1 aliphatic heterocycles. The molecule has 0 saturated carbocycles. The predicted octanol–water partition coefficient (Wildman–Crippen LogP) is 1.12. The van der Waals surface area contributed by atoms with E-state index in [1.807, 2.05) is 31.2 Å². The maximum Gasteiger partial charge on any atom is 0.215 e. The van der Waals surface area contributed by atoms with Crippen molar-refractivity contribution in [2.24, 2.45) is 0 Å². The second-order valence-corrected chi connectivity index (χ2v) is 6.83. The zero-order valence-corrected chi connectivity index (χ0v) is 11.5. The first-order valence-corrected chi connectivity index (χ1v) is 7.93. The number of nitrogens with one attached hydrogen (secondary N) is 1. The fraction of sp³-hybridized carbons (Fsp3) is 0.538. The first-order valence-electron chi connectivity index (χ1n) is 6.32. The summed E-state index contributed by atoms with van der Waals surface area (Å²) < 4.78 is 25.8. The molecule has 5 heteroatoms. The Hall–Kier alpha value is -0.910. The Balaban J connectivity index is 2.11. The monoisotopic (exact) mass is 268 g/mol. The Morgan fingerprint density at radius 3 is 2.67 bits per heavy atom. The number of sulfonamides is 1. The molecular weight excluding hydrogens is 248 g/mol. The number of hydrogen-bond donors (Lipinski definition) is 1.